The van der Waals surface area contributed by atoms with Crippen LogP contribution in [0.2, 0.25) is 5.02 Å². The Morgan fingerprint density at radius 2 is 2.25 bits per heavy atom. The molecule has 0 spiro atoms. The summed E-state index contributed by atoms with van der Waals surface area (Å²) in [5.74, 6) is -0.368. The maximum atomic E-state index is 12.9. The van der Waals surface area contributed by atoms with Gasteiger partial charge in [0.15, 0.2) is 0 Å². The van der Waals surface area contributed by atoms with E-state index >= 15 is 0 Å². The molecule has 1 rings (SSSR count). The molecule has 0 aliphatic rings. The highest BCUT2D eigenvalue weighted by atomic mass is 35.5. The van der Waals surface area contributed by atoms with E-state index in [1.807, 2.05) is 0 Å². The van der Waals surface area contributed by atoms with Gasteiger partial charge >= 0.3 is 0 Å². The third-order valence-corrected chi connectivity index (χ3v) is 1.59. The molecule has 0 amide bonds. The zero-order valence-electron chi connectivity index (χ0n) is 6.35. The maximum Gasteiger partial charge on any atom is 0.146 e. The van der Waals surface area contributed by atoms with Gasteiger partial charge in [0.2, 0.25) is 0 Å². The Labute approximate surface area is 75.0 Å². The summed E-state index contributed by atoms with van der Waals surface area (Å²) >= 11 is 5.63. The number of halogens is 2. The van der Waals surface area contributed by atoms with Gasteiger partial charge in [-0.05, 0) is 18.2 Å². The Balaban J connectivity index is 2.75. The van der Waals surface area contributed by atoms with Crippen molar-refractivity contribution in [1.82, 2.24) is 0 Å². The van der Waals surface area contributed by atoms with Crippen molar-refractivity contribution in [3.8, 4) is 0 Å². The average molecular weight is 190 g/mol. The minimum Gasteiger partial charge on any atom is -0.395 e. The first-order chi connectivity index (χ1) is 5.74. The molecule has 0 radical (unpaired) electrons. The molecule has 1 aromatic rings. The van der Waals surface area contributed by atoms with Crippen LogP contribution in [-0.4, -0.2) is 18.3 Å². The molecule has 0 saturated carbocycles. The van der Waals surface area contributed by atoms with Crippen LogP contribution in [0.5, 0.6) is 0 Å². The second-order valence-electron chi connectivity index (χ2n) is 2.27. The van der Waals surface area contributed by atoms with Crippen LogP contribution < -0.4 is 5.32 Å². The van der Waals surface area contributed by atoms with E-state index in [0.29, 0.717) is 17.3 Å². The highest BCUT2D eigenvalue weighted by molar-refractivity contribution is 6.30. The number of aliphatic hydroxyl groups is 1. The first-order valence-electron chi connectivity index (χ1n) is 3.54. The van der Waals surface area contributed by atoms with Crippen molar-refractivity contribution >= 4 is 17.3 Å². The fraction of sp³-hybridized carbons (Fsp3) is 0.250. The van der Waals surface area contributed by atoms with Crippen LogP contribution >= 0.6 is 11.6 Å². The zero-order valence-corrected chi connectivity index (χ0v) is 7.11. The smallest absolute Gasteiger partial charge is 0.146 e. The molecule has 2 N–H and O–H groups in total. The Hall–Kier alpha value is -0.800. The summed E-state index contributed by atoms with van der Waals surface area (Å²) in [6.07, 6.45) is 0. The summed E-state index contributed by atoms with van der Waals surface area (Å²) < 4.78 is 12.9. The summed E-state index contributed by atoms with van der Waals surface area (Å²) in [5.41, 5.74) is 0.316. The monoisotopic (exact) mass is 189 g/mol. The van der Waals surface area contributed by atoms with Crippen molar-refractivity contribution in [3.05, 3.63) is 29.0 Å². The number of hydrogen-bond acceptors (Lipinski definition) is 2. The van der Waals surface area contributed by atoms with E-state index in [1.54, 1.807) is 0 Å². The fourth-order valence-electron chi connectivity index (χ4n) is 0.824. The van der Waals surface area contributed by atoms with Crippen LogP contribution in [0.4, 0.5) is 10.1 Å². The number of nitrogens with one attached hydrogen (secondary N) is 1. The van der Waals surface area contributed by atoms with Crippen LogP contribution in [-0.2, 0) is 0 Å². The normalized spacial score (nSPS) is 9.92. The summed E-state index contributed by atoms with van der Waals surface area (Å²) in [4.78, 5) is 0. The average Bonchev–Trinajstić information content (AvgIpc) is 2.07. The van der Waals surface area contributed by atoms with Gasteiger partial charge in [-0.3, -0.25) is 0 Å². The Morgan fingerprint density at radius 1 is 1.50 bits per heavy atom. The second-order valence-corrected chi connectivity index (χ2v) is 2.71. The highest BCUT2D eigenvalue weighted by Crippen LogP contribution is 2.18. The number of benzene rings is 1. The minimum atomic E-state index is -0.368. The minimum absolute atomic E-state index is 0.0358. The molecule has 66 valence electrons. The van der Waals surface area contributed by atoms with Gasteiger partial charge in [-0.1, -0.05) is 11.6 Å². The van der Waals surface area contributed by atoms with Crippen molar-refractivity contribution in [1.29, 1.82) is 0 Å². The molecular formula is C8H9ClFNO. The third kappa shape index (κ3) is 2.36. The number of anilines is 1. The van der Waals surface area contributed by atoms with Crippen LogP contribution in [0.25, 0.3) is 0 Å². The molecule has 1 aromatic carbocycles. The number of hydrogen-bond donors (Lipinski definition) is 2. The van der Waals surface area contributed by atoms with Crippen molar-refractivity contribution in [3.63, 3.8) is 0 Å². The van der Waals surface area contributed by atoms with Gasteiger partial charge in [-0.2, -0.15) is 0 Å². The second kappa shape index (κ2) is 4.28. The van der Waals surface area contributed by atoms with Crippen LogP contribution in [0.3, 0.4) is 0 Å². The van der Waals surface area contributed by atoms with E-state index in [-0.39, 0.29) is 12.4 Å². The van der Waals surface area contributed by atoms with Gasteiger partial charge in [0.1, 0.15) is 5.82 Å². The van der Waals surface area contributed by atoms with Crippen molar-refractivity contribution in [2.75, 3.05) is 18.5 Å². The van der Waals surface area contributed by atoms with E-state index in [9.17, 15) is 4.39 Å². The van der Waals surface area contributed by atoms with E-state index in [4.69, 9.17) is 16.7 Å². The number of aliphatic hydroxyl groups excluding tert-OH is 1. The largest absolute Gasteiger partial charge is 0.395 e. The fourth-order valence-corrected chi connectivity index (χ4v) is 0.996. The topological polar surface area (TPSA) is 32.3 Å². The lowest BCUT2D eigenvalue weighted by atomic mass is 10.3. The van der Waals surface area contributed by atoms with Gasteiger partial charge in [0, 0.05) is 11.6 Å². The Kier molecular flexibility index (Phi) is 3.31. The van der Waals surface area contributed by atoms with Crippen molar-refractivity contribution in [2.24, 2.45) is 0 Å². The van der Waals surface area contributed by atoms with E-state index in [2.05, 4.69) is 5.32 Å². The standard InChI is InChI=1S/C8H9ClFNO/c9-6-1-2-7(10)8(5-6)11-3-4-12/h1-2,5,11-12H,3-4H2. The van der Waals surface area contributed by atoms with E-state index in [0.717, 1.165) is 0 Å². The van der Waals surface area contributed by atoms with Crippen LogP contribution in [0, 0.1) is 5.82 Å². The lowest BCUT2D eigenvalue weighted by Gasteiger charge is -2.05. The van der Waals surface area contributed by atoms with Gasteiger partial charge in [-0.15, -0.1) is 0 Å². The molecule has 12 heavy (non-hydrogen) atoms. The molecular weight excluding hydrogens is 181 g/mol. The molecule has 4 heteroatoms. The molecule has 0 aliphatic carbocycles. The summed E-state index contributed by atoms with van der Waals surface area (Å²) in [5, 5.41) is 11.6. The molecule has 0 heterocycles. The van der Waals surface area contributed by atoms with Crippen molar-refractivity contribution in [2.45, 2.75) is 0 Å². The SMILES string of the molecule is OCCNc1cc(Cl)ccc1F. The first kappa shape index (κ1) is 9.29. The molecule has 2 nitrogen and oxygen atoms in total. The molecule has 0 fully saturated rings. The zero-order chi connectivity index (χ0) is 8.97. The van der Waals surface area contributed by atoms with Crippen LogP contribution in [0.15, 0.2) is 18.2 Å². The van der Waals surface area contributed by atoms with E-state index < -0.39 is 0 Å². The van der Waals surface area contributed by atoms with E-state index in [1.165, 1.54) is 18.2 Å². The lowest BCUT2D eigenvalue weighted by Crippen LogP contribution is -2.06. The summed E-state index contributed by atoms with van der Waals surface area (Å²) in [6.45, 7) is 0.281. The predicted octanol–water partition coefficient (Wildman–Crippen LogP) is 1.88. The summed E-state index contributed by atoms with van der Waals surface area (Å²) in [6, 6.07) is 4.23. The summed E-state index contributed by atoms with van der Waals surface area (Å²) in [7, 11) is 0. The van der Waals surface area contributed by atoms with Gasteiger partial charge in [0.05, 0.1) is 12.3 Å². The maximum absolute atomic E-state index is 12.9. The lowest BCUT2D eigenvalue weighted by molar-refractivity contribution is 0.311. The highest BCUT2D eigenvalue weighted by Gasteiger charge is 2.00. The molecule has 0 aromatic heterocycles. The number of rotatable bonds is 3. The molecule has 0 aliphatic heterocycles. The molecule has 0 saturated heterocycles. The quantitative estimate of drug-likeness (QED) is 0.761. The van der Waals surface area contributed by atoms with Gasteiger partial charge < -0.3 is 10.4 Å². The molecule has 0 bridgehead atoms. The molecule has 0 unspecified atom stereocenters. The predicted molar refractivity (Wildman–Crippen MR) is 47.0 cm³/mol. The Bertz CT molecular complexity index is 267. The molecule has 0 atom stereocenters. The van der Waals surface area contributed by atoms with Gasteiger partial charge in [0.25, 0.3) is 0 Å². The van der Waals surface area contributed by atoms with Gasteiger partial charge in [-0.25, -0.2) is 4.39 Å². The van der Waals surface area contributed by atoms with Crippen molar-refractivity contribution < 1.29 is 9.50 Å². The Morgan fingerprint density at radius 3 is 2.92 bits per heavy atom. The first-order valence-corrected chi connectivity index (χ1v) is 3.91. The third-order valence-electron chi connectivity index (χ3n) is 1.36. The van der Waals surface area contributed by atoms with Crippen LogP contribution in [0.1, 0.15) is 0 Å².